The van der Waals surface area contributed by atoms with Gasteiger partial charge in [0.25, 0.3) is 0 Å². The van der Waals surface area contributed by atoms with Crippen LogP contribution in [0.4, 0.5) is 0 Å². The van der Waals surface area contributed by atoms with Crippen LogP contribution in [0, 0.1) is 5.41 Å². The van der Waals surface area contributed by atoms with Crippen LogP contribution >= 0.6 is 0 Å². The van der Waals surface area contributed by atoms with Gasteiger partial charge in [-0.25, -0.2) is 4.79 Å². The molecule has 322 valence electrons. The SMILES string of the molecule is COC(=O)/C=C1\CC2C[C@H](CO)OC(=O)C[C@H](O)CCOCC[C@@H]3C[C@H](CC(=O)OC/C=C/c4ccc5ccccc5c4)O[C@H](/C=C/C(C)(C)[C@](O)(O2)[C@H]1OC(C)=O)O3. The first-order chi connectivity index (χ1) is 28.2. The Labute approximate surface area is 343 Å². The van der Waals surface area contributed by atoms with Crippen molar-refractivity contribution in [3.63, 3.8) is 0 Å². The van der Waals surface area contributed by atoms with Gasteiger partial charge in [-0.05, 0) is 59.4 Å². The zero-order chi connectivity index (χ0) is 42.6. The zero-order valence-corrected chi connectivity index (χ0v) is 34.0. The van der Waals surface area contributed by atoms with Crippen molar-refractivity contribution >= 4 is 40.7 Å². The molecule has 5 rings (SSSR count). The van der Waals surface area contributed by atoms with Gasteiger partial charge in [0.15, 0.2) is 12.4 Å². The quantitative estimate of drug-likeness (QED) is 0.148. The maximum atomic E-state index is 13.1. The van der Waals surface area contributed by atoms with E-state index in [1.165, 1.54) is 7.11 Å². The molecule has 0 saturated carbocycles. The van der Waals surface area contributed by atoms with Gasteiger partial charge in [0.1, 0.15) is 12.7 Å². The number of ether oxygens (including phenoxy) is 8. The molecule has 15 nitrogen and oxygen atoms in total. The predicted octanol–water partition coefficient (Wildman–Crippen LogP) is 4.23. The molecule has 0 amide bonds. The lowest BCUT2D eigenvalue weighted by atomic mass is 9.74. The Morgan fingerprint density at radius 3 is 2.46 bits per heavy atom. The Kier molecular flexibility index (Phi) is 16.4. The van der Waals surface area contributed by atoms with Crippen LogP contribution in [0.25, 0.3) is 16.8 Å². The van der Waals surface area contributed by atoms with E-state index < -0.39 is 84.6 Å². The summed E-state index contributed by atoms with van der Waals surface area (Å²) in [6.45, 7) is 4.21. The number of carbonyl (C=O) groups is 4. The highest BCUT2D eigenvalue weighted by Crippen LogP contribution is 2.46. The number of cyclic esters (lactones) is 1. The molecule has 3 N–H and O–H groups in total. The third kappa shape index (κ3) is 13.0. The molecule has 1 unspecified atom stereocenters. The molecule has 59 heavy (non-hydrogen) atoms. The number of aliphatic hydroxyl groups excluding tert-OH is 2. The Hall–Kier alpha value is -4.48. The lowest BCUT2D eigenvalue weighted by Gasteiger charge is -2.50. The van der Waals surface area contributed by atoms with Crippen LogP contribution < -0.4 is 0 Å². The highest BCUT2D eigenvalue weighted by Gasteiger charge is 2.57. The first-order valence-corrected chi connectivity index (χ1v) is 19.9. The van der Waals surface area contributed by atoms with Gasteiger partial charge in [0, 0.05) is 44.5 Å². The largest absolute Gasteiger partial charge is 0.466 e. The predicted molar refractivity (Wildman–Crippen MR) is 212 cm³/mol. The van der Waals surface area contributed by atoms with Crippen molar-refractivity contribution in [2.45, 2.75) is 114 Å². The molecule has 3 heterocycles. The number of aliphatic hydroxyl groups is 3. The first kappa shape index (κ1) is 45.6. The van der Waals surface area contributed by atoms with Crippen LogP contribution in [0.5, 0.6) is 0 Å². The summed E-state index contributed by atoms with van der Waals surface area (Å²) in [6, 6.07) is 14.1. The third-order valence-electron chi connectivity index (χ3n) is 10.5. The molecule has 8 atom stereocenters. The van der Waals surface area contributed by atoms with E-state index in [-0.39, 0.29) is 57.5 Å². The van der Waals surface area contributed by atoms with Crippen molar-refractivity contribution in [3.05, 3.63) is 77.9 Å². The Balaban J connectivity index is 1.37. The van der Waals surface area contributed by atoms with Gasteiger partial charge in [0.05, 0.1) is 51.0 Å². The number of fused-ring (bicyclic) bond motifs is 5. The maximum Gasteiger partial charge on any atom is 0.330 e. The average molecular weight is 825 g/mol. The normalized spacial score (nSPS) is 30.9. The minimum absolute atomic E-state index is 0.0573. The Morgan fingerprint density at radius 1 is 0.966 bits per heavy atom. The highest BCUT2D eigenvalue weighted by atomic mass is 16.7. The van der Waals surface area contributed by atoms with Crippen LogP contribution in [0.3, 0.4) is 0 Å². The zero-order valence-electron chi connectivity index (χ0n) is 34.0. The van der Waals surface area contributed by atoms with E-state index in [1.807, 2.05) is 42.5 Å². The van der Waals surface area contributed by atoms with Gasteiger partial charge in [-0.1, -0.05) is 62.4 Å². The maximum absolute atomic E-state index is 13.1. The number of hydrogen-bond donors (Lipinski definition) is 3. The average Bonchev–Trinajstić information content (AvgIpc) is 3.19. The van der Waals surface area contributed by atoms with Crippen LogP contribution in [-0.2, 0) is 57.1 Å². The van der Waals surface area contributed by atoms with Gasteiger partial charge in [-0.3, -0.25) is 14.4 Å². The monoisotopic (exact) mass is 824 g/mol. The summed E-state index contributed by atoms with van der Waals surface area (Å²) >= 11 is 0. The number of esters is 4. The molecule has 3 aliphatic rings. The molecule has 15 heteroatoms. The summed E-state index contributed by atoms with van der Waals surface area (Å²) in [4.78, 5) is 50.8. The smallest absolute Gasteiger partial charge is 0.330 e. The van der Waals surface area contributed by atoms with Crippen molar-refractivity contribution in [2.75, 3.05) is 33.5 Å². The van der Waals surface area contributed by atoms with Crippen LogP contribution in [0.2, 0.25) is 0 Å². The van der Waals surface area contributed by atoms with Gasteiger partial charge in [-0.15, -0.1) is 0 Å². The fourth-order valence-electron chi connectivity index (χ4n) is 7.33. The number of hydrogen-bond acceptors (Lipinski definition) is 15. The second kappa shape index (κ2) is 21.2. The van der Waals surface area contributed by atoms with Crippen molar-refractivity contribution in [1.29, 1.82) is 0 Å². The van der Waals surface area contributed by atoms with E-state index >= 15 is 0 Å². The number of benzene rings is 2. The molecule has 2 aromatic carbocycles. The first-order valence-electron chi connectivity index (χ1n) is 19.9. The van der Waals surface area contributed by atoms with Crippen LogP contribution in [0.1, 0.15) is 71.3 Å². The molecule has 0 aliphatic carbocycles. The molecule has 0 radical (unpaired) electrons. The van der Waals surface area contributed by atoms with E-state index in [2.05, 4.69) is 6.07 Å². The van der Waals surface area contributed by atoms with Crippen molar-refractivity contribution in [2.24, 2.45) is 5.41 Å². The summed E-state index contributed by atoms with van der Waals surface area (Å²) < 4.78 is 46.0. The Morgan fingerprint density at radius 2 is 1.71 bits per heavy atom. The molecule has 2 aromatic rings. The van der Waals surface area contributed by atoms with E-state index in [1.54, 1.807) is 32.1 Å². The van der Waals surface area contributed by atoms with Gasteiger partial charge < -0.3 is 53.2 Å². The fourth-order valence-corrected chi connectivity index (χ4v) is 7.33. The van der Waals surface area contributed by atoms with Crippen molar-refractivity contribution in [3.8, 4) is 0 Å². The molecular formula is C44H56O15. The summed E-state index contributed by atoms with van der Waals surface area (Å²) in [5.41, 5.74) is -0.298. The second-order valence-corrected chi connectivity index (χ2v) is 15.5. The van der Waals surface area contributed by atoms with Crippen molar-refractivity contribution < 1.29 is 72.4 Å². The molecule has 2 fully saturated rings. The number of methoxy groups -OCH3 is 1. The Bertz CT molecular complexity index is 1850. The minimum atomic E-state index is -2.36. The molecule has 0 spiro atoms. The number of carbonyl (C=O) groups excluding carboxylic acids is 4. The summed E-state index contributed by atoms with van der Waals surface area (Å²) in [5, 5.41) is 35.4. The van der Waals surface area contributed by atoms with Crippen LogP contribution in [-0.4, -0.2) is 121 Å². The molecule has 3 aliphatic heterocycles. The summed E-state index contributed by atoms with van der Waals surface area (Å²) in [7, 11) is 1.17. The van der Waals surface area contributed by atoms with E-state index in [4.69, 9.17) is 37.9 Å². The fraction of sp³-hybridized carbons (Fsp3) is 0.545. The lowest BCUT2D eigenvalue weighted by molar-refractivity contribution is -0.327. The van der Waals surface area contributed by atoms with E-state index in [0.29, 0.717) is 12.8 Å². The topological polar surface area (TPSA) is 203 Å². The van der Waals surface area contributed by atoms with Gasteiger partial charge >= 0.3 is 23.9 Å². The molecule has 4 bridgehead atoms. The lowest BCUT2D eigenvalue weighted by Crippen LogP contribution is -2.62. The van der Waals surface area contributed by atoms with E-state index in [9.17, 15) is 34.5 Å². The summed E-state index contributed by atoms with van der Waals surface area (Å²) in [5.74, 6) is -5.14. The molecular weight excluding hydrogens is 768 g/mol. The minimum Gasteiger partial charge on any atom is -0.466 e. The van der Waals surface area contributed by atoms with Crippen LogP contribution in [0.15, 0.2) is 72.3 Å². The number of rotatable bonds is 8. The standard InChI is InChI=1S/C44H56O15/c1-28(46)55-42-32(22-38(48)52-4)21-36-25-37(27-45)56-40(50)23-33(47)14-18-53-19-15-34-24-35(58-41(57-34)13-16-43(2,3)44(42,51)59-36)26-39(49)54-17-7-8-29-11-12-30-9-5-6-10-31(30)20-29/h5-13,16,20,22,33-37,41-42,45,47,51H,14-15,17-19,21,23-27H2,1-4H3/b8-7+,16-13+,32-22+/t33-,34-,35-,36?,37-,41-,42+,44-/m1/s1. The highest BCUT2D eigenvalue weighted by molar-refractivity contribution is 5.85. The molecule has 2 saturated heterocycles. The summed E-state index contributed by atoms with van der Waals surface area (Å²) in [6.07, 6.45) is 1.37. The second-order valence-electron chi connectivity index (χ2n) is 15.5. The third-order valence-corrected chi connectivity index (χ3v) is 10.5. The van der Waals surface area contributed by atoms with E-state index in [0.717, 1.165) is 29.3 Å². The van der Waals surface area contributed by atoms with Crippen molar-refractivity contribution in [1.82, 2.24) is 0 Å². The van der Waals surface area contributed by atoms with Gasteiger partial charge in [-0.2, -0.15) is 0 Å². The molecule has 0 aromatic heterocycles. The van der Waals surface area contributed by atoms with Gasteiger partial charge in [0.2, 0.25) is 5.79 Å².